The zero-order chi connectivity index (χ0) is 18.6. The third-order valence-electron chi connectivity index (χ3n) is 3.65. The number of aliphatic hydroxyl groups excluding tert-OH is 1. The van der Waals surface area contributed by atoms with E-state index in [1.165, 1.54) is 0 Å². The van der Waals surface area contributed by atoms with Gasteiger partial charge < -0.3 is 9.84 Å². The maximum atomic E-state index is 14.2. The number of fused-ring (bicyclic) bond motifs is 1. The fourth-order valence-electron chi connectivity index (χ4n) is 2.58. The second kappa shape index (κ2) is 5.64. The summed E-state index contributed by atoms with van der Waals surface area (Å²) in [5.74, 6) is -5.83. The van der Waals surface area contributed by atoms with E-state index < -0.39 is 55.8 Å². The number of ether oxygens (including phenoxy) is 1. The Labute approximate surface area is 138 Å². The first-order chi connectivity index (χ1) is 11.5. The highest BCUT2D eigenvalue weighted by atomic mass is 32.2. The molecule has 0 spiro atoms. The Morgan fingerprint density at radius 3 is 2.52 bits per heavy atom. The Bertz CT molecular complexity index is 952. The number of primary sulfonamides is 1. The van der Waals surface area contributed by atoms with Gasteiger partial charge in [0.1, 0.15) is 23.4 Å². The molecule has 1 aliphatic rings. The molecule has 0 saturated heterocycles. The minimum Gasteiger partial charge on any atom is -0.455 e. The van der Waals surface area contributed by atoms with Gasteiger partial charge in [0, 0.05) is 17.2 Å². The number of sulfonamides is 1. The van der Waals surface area contributed by atoms with Crippen LogP contribution in [0.2, 0.25) is 0 Å². The van der Waals surface area contributed by atoms with Gasteiger partial charge >= 0.3 is 5.92 Å². The Morgan fingerprint density at radius 2 is 1.92 bits per heavy atom. The van der Waals surface area contributed by atoms with E-state index in [-0.39, 0.29) is 5.75 Å². The molecular weight excluding hydrogens is 368 g/mol. The van der Waals surface area contributed by atoms with Crippen LogP contribution in [0.3, 0.4) is 0 Å². The first-order valence-electron chi connectivity index (χ1n) is 6.71. The normalized spacial score (nSPS) is 21.8. The van der Waals surface area contributed by atoms with Gasteiger partial charge in [-0.1, -0.05) is 0 Å². The minimum atomic E-state index is -4.52. The third-order valence-corrected chi connectivity index (χ3v) is 4.62. The van der Waals surface area contributed by atoms with Crippen LogP contribution in [0, 0.1) is 5.82 Å². The van der Waals surface area contributed by atoms with Crippen LogP contribution < -0.4 is 9.88 Å². The molecule has 25 heavy (non-hydrogen) atoms. The van der Waals surface area contributed by atoms with Gasteiger partial charge in [0.05, 0.1) is 17.3 Å². The summed E-state index contributed by atoms with van der Waals surface area (Å²) in [6.45, 7) is 0. The summed E-state index contributed by atoms with van der Waals surface area (Å²) in [4.78, 5) is 2.64. The molecular formula is C14H10F4N2O4S. The summed E-state index contributed by atoms with van der Waals surface area (Å²) in [5, 5.41) is 14.7. The zero-order valence-corrected chi connectivity index (χ0v) is 13.0. The molecule has 2 unspecified atom stereocenters. The molecule has 1 heterocycles. The summed E-state index contributed by atoms with van der Waals surface area (Å²) in [6, 6.07) is 2.56. The summed E-state index contributed by atoms with van der Waals surface area (Å²) in [6.07, 6.45) is -3.88. The Balaban J connectivity index is 2.21. The highest BCUT2D eigenvalue weighted by Crippen LogP contribution is 2.57. The van der Waals surface area contributed by atoms with Crippen LogP contribution in [0.15, 0.2) is 35.5 Å². The van der Waals surface area contributed by atoms with Crippen LogP contribution in [-0.4, -0.2) is 24.4 Å². The fraction of sp³-hybridized carbons (Fsp3) is 0.214. The number of nitrogens with zero attached hydrogens (tertiary/aromatic N) is 1. The number of alkyl halides is 3. The Morgan fingerprint density at radius 1 is 1.24 bits per heavy atom. The van der Waals surface area contributed by atoms with Crippen molar-refractivity contribution < 1.29 is 35.8 Å². The van der Waals surface area contributed by atoms with Crippen molar-refractivity contribution in [2.45, 2.75) is 23.1 Å². The van der Waals surface area contributed by atoms with E-state index in [4.69, 9.17) is 9.88 Å². The standard InChI is InChI=1S/C14H10F4N2O4S/c15-6-3-7(5-20-4-6)24-8-1-2-9(25(19,22)23)11-10(8)12(16)14(17,18)13(11)21/h1-5,12-13,21H,(H2,19,22,23). The number of hydrogen-bond donors (Lipinski definition) is 2. The number of rotatable bonds is 3. The van der Waals surface area contributed by atoms with Crippen molar-refractivity contribution in [3.63, 3.8) is 0 Å². The summed E-state index contributed by atoms with van der Waals surface area (Å²) < 4.78 is 83.5. The summed E-state index contributed by atoms with van der Waals surface area (Å²) in [5.41, 5.74) is -1.75. The lowest BCUT2D eigenvalue weighted by Gasteiger charge is -2.16. The maximum Gasteiger partial charge on any atom is 0.312 e. The van der Waals surface area contributed by atoms with Crippen molar-refractivity contribution in [1.29, 1.82) is 0 Å². The van der Waals surface area contributed by atoms with Gasteiger partial charge in [0.15, 0.2) is 6.17 Å². The van der Waals surface area contributed by atoms with E-state index in [1.807, 2.05) is 0 Å². The lowest BCUT2D eigenvalue weighted by molar-refractivity contribution is -0.143. The number of halogens is 4. The first kappa shape index (κ1) is 17.6. The summed E-state index contributed by atoms with van der Waals surface area (Å²) >= 11 is 0. The summed E-state index contributed by atoms with van der Waals surface area (Å²) in [7, 11) is -4.52. The predicted octanol–water partition coefficient (Wildman–Crippen LogP) is 2.35. The molecule has 11 heteroatoms. The Kier molecular flexibility index (Phi) is 3.97. The zero-order valence-electron chi connectivity index (χ0n) is 12.2. The molecule has 3 rings (SSSR count). The molecule has 1 aliphatic carbocycles. The number of aromatic nitrogens is 1. The van der Waals surface area contributed by atoms with Crippen LogP contribution >= 0.6 is 0 Å². The van der Waals surface area contributed by atoms with Crippen molar-refractivity contribution in [1.82, 2.24) is 4.98 Å². The predicted molar refractivity (Wildman–Crippen MR) is 75.8 cm³/mol. The topological polar surface area (TPSA) is 103 Å². The van der Waals surface area contributed by atoms with Crippen LogP contribution in [0.1, 0.15) is 23.4 Å². The van der Waals surface area contributed by atoms with Crippen molar-refractivity contribution >= 4 is 10.0 Å². The van der Waals surface area contributed by atoms with Gasteiger partial charge in [-0.3, -0.25) is 4.98 Å². The molecule has 0 amide bonds. The maximum absolute atomic E-state index is 14.2. The smallest absolute Gasteiger partial charge is 0.312 e. The molecule has 0 fully saturated rings. The third kappa shape index (κ3) is 2.83. The van der Waals surface area contributed by atoms with Gasteiger partial charge in [-0.15, -0.1) is 0 Å². The fourth-order valence-corrected chi connectivity index (χ4v) is 3.36. The molecule has 0 radical (unpaired) electrons. The molecule has 1 aromatic carbocycles. The van der Waals surface area contributed by atoms with Crippen LogP contribution in [-0.2, 0) is 10.0 Å². The average molecular weight is 378 g/mol. The van der Waals surface area contributed by atoms with Crippen LogP contribution in [0.4, 0.5) is 17.6 Å². The van der Waals surface area contributed by atoms with Gasteiger partial charge in [0.2, 0.25) is 10.0 Å². The first-order valence-corrected chi connectivity index (χ1v) is 8.26. The Hall–Kier alpha value is -2.24. The van der Waals surface area contributed by atoms with Crippen molar-refractivity contribution in [2.24, 2.45) is 5.14 Å². The van der Waals surface area contributed by atoms with E-state index in [0.29, 0.717) is 0 Å². The highest BCUT2D eigenvalue weighted by Gasteiger charge is 2.59. The second-order valence-electron chi connectivity index (χ2n) is 5.31. The molecule has 2 atom stereocenters. The molecule has 6 nitrogen and oxygen atoms in total. The number of nitrogens with two attached hydrogens (primary N) is 1. The van der Waals surface area contributed by atoms with E-state index >= 15 is 0 Å². The van der Waals surface area contributed by atoms with E-state index in [9.17, 15) is 31.1 Å². The second-order valence-corrected chi connectivity index (χ2v) is 6.84. The lowest BCUT2D eigenvalue weighted by atomic mass is 10.1. The van der Waals surface area contributed by atoms with Gasteiger partial charge in [0.25, 0.3) is 0 Å². The lowest BCUT2D eigenvalue weighted by Crippen LogP contribution is -2.25. The SMILES string of the molecule is NS(=O)(=O)c1ccc(Oc2cncc(F)c2)c2c1C(O)C(F)(F)C2F. The van der Waals surface area contributed by atoms with E-state index in [1.54, 1.807) is 0 Å². The van der Waals surface area contributed by atoms with E-state index in [0.717, 1.165) is 30.6 Å². The van der Waals surface area contributed by atoms with Crippen molar-refractivity contribution in [3.05, 3.63) is 47.5 Å². The van der Waals surface area contributed by atoms with Crippen molar-refractivity contribution in [2.75, 3.05) is 0 Å². The number of pyridine rings is 1. The monoisotopic (exact) mass is 378 g/mol. The quantitative estimate of drug-likeness (QED) is 0.799. The molecule has 2 aromatic rings. The molecule has 1 aromatic heterocycles. The van der Waals surface area contributed by atoms with E-state index in [2.05, 4.69) is 4.98 Å². The van der Waals surface area contributed by atoms with Gasteiger partial charge in [-0.25, -0.2) is 22.3 Å². The number of aliphatic hydroxyl groups is 1. The van der Waals surface area contributed by atoms with Crippen LogP contribution in [0.25, 0.3) is 0 Å². The van der Waals surface area contributed by atoms with Crippen molar-refractivity contribution in [3.8, 4) is 11.5 Å². The van der Waals surface area contributed by atoms with Gasteiger partial charge in [-0.05, 0) is 12.1 Å². The minimum absolute atomic E-state index is 0.234. The molecule has 134 valence electrons. The number of benzene rings is 1. The largest absolute Gasteiger partial charge is 0.455 e. The highest BCUT2D eigenvalue weighted by molar-refractivity contribution is 7.89. The molecule has 0 saturated carbocycles. The molecule has 0 aliphatic heterocycles. The molecule has 0 bridgehead atoms. The van der Waals surface area contributed by atoms with Crippen LogP contribution in [0.5, 0.6) is 11.5 Å². The van der Waals surface area contributed by atoms with Gasteiger partial charge in [-0.2, -0.15) is 8.78 Å². The average Bonchev–Trinajstić information content (AvgIpc) is 2.68. The number of hydrogen-bond acceptors (Lipinski definition) is 5. The molecule has 3 N–H and O–H groups in total.